The third kappa shape index (κ3) is 5.17. The third-order valence-electron chi connectivity index (χ3n) is 4.09. The van der Waals surface area contributed by atoms with Crippen molar-refractivity contribution in [3.05, 3.63) is 38.8 Å². The number of likely N-dealkylation sites (N-methyl/N-ethyl adjacent to an activating group) is 2. The molecule has 136 valence electrons. The van der Waals surface area contributed by atoms with Crippen LogP contribution in [-0.4, -0.2) is 53.9 Å². The number of rotatable bonds is 7. The summed E-state index contributed by atoms with van der Waals surface area (Å²) < 4.78 is 0. The molecule has 0 bridgehead atoms. The van der Waals surface area contributed by atoms with E-state index < -0.39 is 0 Å². The molecule has 0 fully saturated rings. The zero-order valence-electron chi connectivity index (χ0n) is 15.0. The summed E-state index contributed by atoms with van der Waals surface area (Å²) in [7, 11) is 1.83. The van der Waals surface area contributed by atoms with E-state index in [1.54, 1.807) is 11.0 Å². The summed E-state index contributed by atoms with van der Waals surface area (Å²) in [4.78, 5) is 22.0. The lowest BCUT2D eigenvalue weighted by Crippen LogP contribution is -2.36. The third-order valence-corrected chi connectivity index (χ3v) is 5.72. The lowest BCUT2D eigenvalue weighted by Gasteiger charge is -2.22. The Balaban J connectivity index is 2.17. The highest BCUT2D eigenvalue weighted by Crippen LogP contribution is 2.32. The summed E-state index contributed by atoms with van der Waals surface area (Å²) in [5.74, 6) is 0.00142. The number of carbonyl (C=O) groups is 1. The molecule has 1 heterocycles. The number of thiazole rings is 1. The Hall–Kier alpha value is -1.14. The fraction of sp³-hybridized carbons (Fsp3) is 0.444. The van der Waals surface area contributed by atoms with Gasteiger partial charge in [0, 0.05) is 35.7 Å². The van der Waals surface area contributed by atoms with Crippen molar-refractivity contribution < 1.29 is 4.79 Å². The molecular weight excluding hydrogens is 377 g/mol. The number of nitrogens with zero attached hydrogens (tertiary/aromatic N) is 3. The van der Waals surface area contributed by atoms with Gasteiger partial charge in [-0.15, -0.1) is 11.3 Å². The molecule has 0 aliphatic rings. The highest BCUT2D eigenvalue weighted by atomic mass is 35.5. The number of halogens is 2. The van der Waals surface area contributed by atoms with E-state index in [1.807, 2.05) is 26.1 Å². The van der Waals surface area contributed by atoms with Crippen LogP contribution in [0.5, 0.6) is 0 Å². The second kappa shape index (κ2) is 8.99. The molecule has 0 aliphatic heterocycles. The molecule has 0 atom stereocenters. The lowest BCUT2D eigenvalue weighted by atomic mass is 10.2. The number of amides is 1. The minimum atomic E-state index is 0.00142. The van der Waals surface area contributed by atoms with Crippen LogP contribution in [0.3, 0.4) is 0 Å². The van der Waals surface area contributed by atoms with Crippen LogP contribution in [0.2, 0.25) is 10.0 Å². The molecule has 0 aliphatic carbocycles. The number of hydrogen-bond donors (Lipinski definition) is 0. The van der Waals surface area contributed by atoms with Gasteiger partial charge in [-0.25, -0.2) is 4.98 Å². The molecule has 0 spiro atoms. The van der Waals surface area contributed by atoms with Gasteiger partial charge >= 0.3 is 0 Å². The van der Waals surface area contributed by atoms with Crippen molar-refractivity contribution in [2.75, 3.05) is 33.2 Å². The maximum Gasteiger partial charge on any atom is 0.265 e. The van der Waals surface area contributed by atoms with Crippen LogP contribution in [0.4, 0.5) is 0 Å². The Morgan fingerprint density at radius 1 is 1.12 bits per heavy atom. The molecule has 0 saturated carbocycles. The van der Waals surface area contributed by atoms with E-state index in [4.69, 9.17) is 23.2 Å². The average molecular weight is 400 g/mol. The van der Waals surface area contributed by atoms with E-state index in [9.17, 15) is 4.79 Å². The van der Waals surface area contributed by atoms with Gasteiger partial charge < -0.3 is 9.80 Å². The largest absolute Gasteiger partial charge is 0.340 e. The van der Waals surface area contributed by atoms with Gasteiger partial charge in [-0.2, -0.15) is 0 Å². The van der Waals surface area contributed by atoms with Crippen molar-refractivity contribution in [2.24, 2.45) is 0 Å². The van der Waals surface area contributed by atoms with Crippen LogP contribution in [0.1, 0.15) is 29.2 Å². The van der Waals surface area contributed by atoms with Crippen LogP contribution in [0, 0.1) is 6.92 Å². The maximum absolute atomic E-state index is 12.8. The Kier molecular flexibility index (Phi) is 7.25. The Morgan fingerprint density at radius 2 is 1.72 bits per heavy atom. The van der Waals surface area contributed by atoms with Crippen LogP contribution < -0.4 is 0 Å². The van der Waals surface area contributed by atoms with E-state index >= 15 is 0 Å². The number of carbonyl (C=O) groups excluding carboxylic acids is 1. The van der Waals surface area contributed by atoms with Crippen molar-refractivity contribution >= 4 is 40.4 Å². The summed E-state index contributed by atoms with van der Waals surface area (Å²) >= 11 is 13.5. The van der Waals surface area contributed by atoms with Gasteiger partial charge in [-0.05, 0) is 38.2 Å². The quantitative estimate of drug-likeness (QED) is 0.667. The van der Waals surface area contributed by atoms with Crippen molar-refractivity contribution in [2.45, 2.75) is 20.8 Å². The molecule has 7 heteroatoms. The first-order chi connectivity index (χ1) is 11.8. The van der Waals surface area contributed by atoms with Crippen LogP contribution in [0.15, 0.2) is 18.2 Å². The minimum absolute atomic E-state index is 0.00142. The van der Waals surface area contributed by atoms with Gasteiger partial charge in [0.05, 0.1) is 5.69 Å². The standard InChI is InChI=1S/C18H23Cl2N3OS/c1-5-23(6-2)8-7-22(4)18(24)16-12(3)21-17(25-16)13-9-14(19)11-15(20)10-13/h9-11H,5-8H2,1-4H3. The van der Waals surface area contributed by atoms with Gasteiger partial charge in [0.15, 0.2) is 0 Å². The Labute approximate surface area is 163 Å². The SMILES string of the molecule is CCN(CC)CCN(C)C(=O)c1sc(-c2cc(Cl)cc(Cl)c2)nc1C. The normalized spacial score (nSPS) is 11.2. The van der Waals surface area contributed by atoms with Crippen LogP contribution in [-0.2, 0) is 0 Å². The zero-order chi connectivity index (χ0) is 18.6. The fourth-order valence-corrected chi connectivity index (χ4v) is 4.08. The van der Waals surface area contributed by atoms with Crippen molar-refractivity contribution in [3.63, 3.8) is 0 Å². The van der Waals surface area contributed by atoms with Gasteiger partial charge in [-0.1, -0.05) is 37.0 Å². The molecule has 25 heavy (non-hydrogen) atoms. The molecule has 0 saturated heterocycles. The highest BCUT2D eigenvalue weighted by molar-refractivity contribution is 7.17. The van der Waals surface area contributed by atoms with Crippen molar-refractivity contribution in [1.29, 1.82) is 0 Å². The van der Waals surface area contributed by atoms with E-state index in [2.05, 4.69) is 23.7 Å². The Morgan fingerprint density at radius 3 is 2.28 bits per heavy atom. The lowest BCUT2D eigenvalue weighted by molar-refractivity contribution is 0.0783. The fourth-order valence-electron chi connectivity index (χ4n) is 2.50. The van der Waals surface area contributed by atoms with Crippen molar-refractivity contribution in [1.82, 2.24) is 14.8 Å². The molecule has 1 aromatic carbocycles. The number of aryl methyl sites for hydroxylation is 1. The van der Waals surface area contributed by atoms with Gasteiger partial charge in [0.2, 0.25) is 0 Å². The first-order valence-electron chi connectivity index (χ1n) is 8.27. The van der Waals surface area contributed by atoms with Gasteiger partial charge in [-0.3, -0.25) is 4.79 Å². The summed E-state index contributed by atoms with van der Waals surface area (Å²) in [5.41, 5.74) is 1.56. The molecule has 2 rings (SSSR count). The van der Waals surface area contributed by atoms with E-state index in [0.29, 0.717) is 21.5 Å². The predicted molar refractivity (Wildman–Crippen MR) is 107 cm³/mol. The number of benzene rings is 1. The van der Waals surface area contributed by atoms with E-state index in [0.717, 1.165) is 35.9 Å². The van der Waals surface area contributed by atoms with Gasteiger partial charge in [0.25, 0.3) is 5.91 Å². The zero-order valence-corrected chi connectivity index (χ0v) is 17.3. The summed E-state index contributed by atoms with van der Waals surface area (Å²) in [6.45, 7) is 9.63. The minimum Gasteiger partial charge on any atom is -0.340 e. The first kappa shape index (κ1) is 20.2. The molecule has 0 unspecified atom stereocenters. The molecule has 1 aromatic heterocycles. The molecule has 0 radical (unpaired) electrons. The summed E-state index contributed by atoms with van der Waals surface area (Å²) in [5, 5.41) is 1.86. The van der Waals surface area contributed by atoms with Gasteiger partial charge in [0.1, 0.15) is 9.88 Å². The highest BCUT2D eigenvalue weighted by Gasteiger charge is 2.20. The van der Waals surface area contributed by atoms with E-state index in [1.165, 1.54) is 11.3 Å². The molecule has 4 nitrogen and oxygen atoms in total. The van der Waals surface area contributed by atoms with Crippen molar-refractivity contribution in [3.8, 4) is 10.6 Å². The monoisotopic (exact) mass is 399 g/mol. The smallest absolute Gasteiger partial charge is 0.265 e. The number of aromatic nitrogens is 1. The molecule has 1 amide bonds. The summed E-state index contributed by atoms with van der Waals surface area (Å²) in [6, 6.07) is 5.30. The van der Waals surface area contributed by atoms with Crippen LogP contribution >= 0.6 is 34.5 Å². The average Bonchev–Trinajstić information content (AvgIpc) is 2.96. The molecular formula is C18H23Cl2N3OS. The topological polar surface area (TPSA) is 36.4 Å². The Bertz CT molecular complexity index is 724. The second-order valence-corrected chi connectivity index (χ2v) is 7.72. The predicted octanol–water partition coefficient (Wildman–Crippen LogP) is 4.84. The molecule has 2 aromatic rings. The summed E-state index contributed by atoms with van der Waals surface area (Å²) in [6.07, 6.45) is 0. The maximum atomic E-state index is 12.8. The van der Waals surface area contributed by atoms with E-state index in [-0.39, 0.29) is 5.91 Å². The first-order valence-corrected chi connectivity index (χ1v) is 9.84. The second-order valence-electron chi connectivity index (χ2n) is 5.85. The van der Waals surface area contributed by atoms with Crippen LogP contribution in [0.25, 0.3) is 10.6 Å². The molecule has 0 N–H and O–H groups in total. The number of hydrogen-bond acceptors (Lipinski definition) is 4.